The second-order valence-corrected chi connectivity index (χ2v) is 9.31. The summed E-state index contributed by atoms with van der Waals surface area (Å²) in [5, 5.41) is 0. The summed E-state index contributed by atoms with van der Waals surface area (Å²) in [4.78, 5) is 28.7. The fraction of sp³-hybridized carbons (Fsp3) is 0.393. The molecule has 2 aliphatic heterocycles. The number of ether oxygens (including phenoxy) is 3. The van der Waals surface area contributed by atoms with Crippen molar-refractivity contribution in [3.63, 3.8) is 0 Å². The highest BCUT2D eigenvalue weighted by Crippen LogP contribution is 2.50. The lowest BCUT2D eigenvalue weighted by molar-refractivity contribution is -0.140. The maximum atomic E-state index is 14.2. The topological polar surface area (TPSA) is 87.9 Å². The molecular weight excluding hydrogens is 465 g/mol. The van der Waals surface area contributed by atoms with Gasteiger partial charge in [0.2, 0.25) is 5.89 Å². The van der Waals surface area contributed by atoms with Crippen molar-refractivity contribution in [2.75, 3.05) is 7.11 Å². The maximum Gasteiger partial charge on any atom is 0.360 e. The molecule has 7 nitrogen and oxygen atoms in total. The fourth-order valence-corrected chi connectivity index (χ4v) is 5.33. The Hall–Kier alpha value is -3.52. The Kier molecular flexibility index (Phi) is 7.13. The van der Waals surface area contributed by atoms with E-state index in [9.17, 15) is 14.0 Å². The molecule has 0 spiro atoms. The lowest BCUT2D eigenvalue weighted by Crippen LogP contribution is -2.28. The standard InChI is InChI=1S/C28H28FNO6/c1-33-25(31)12-8-18-7-9-20(29)13-19(18)14-21-23-10-11-24(36-23)26(21)27-30-22(16-34-27)28(32)35-15-17-5-3-2-4-6-17/h2-7,9,13,16,21,23-24,26H,8,10-12,14-15H2,1H3/t21-,23+,24+,26-/m0/s1. The van der Waals surface area contributed by atoms with Crippen LogP contribution in [-0.2, 0) is 38.5 Å². The number of aryl methyl sites for hydroxylation is 1. The summed E-state index contributed by atoms with van der Waals surface area (Å²) in [5.74, 6) is -0.897. The van der Waals surface area contributed by atoms with Crippen molar-refractivity contribution in [3.8, 4) is 0 Å². The number of benzene rings is 2. The average molecular weight is 494 g/mol. The number of fused-ring (bicyclic) bond motifs is 2. The highest BCUT2D eigenvalue weighted by atomic mass is 19.1. The molecule has 4 atom stereocenters. The first-order chi connectivity index (χ1) is 17.5. The van der Waals surface area contributed by atoms with Crippen LogP contribution in [0, 0.1) is 11.7 Å². The van der Waals surface area contributed by atoms with Crippen LogP contribution in [0.5, 0.6) is 0 Å². The van der Waals surface area contributed by atoms with Crippen molar-refractivity contribution in [3.05, 3.63) is 88.9 Å². The van der Waals surface area contributed by atoms with E-state index in [1.807, 2.05) is 30.3 Å². The maximum absolute atomic E-state index is 14.2. The number of halogens is 1. The second-order valence-electron chi connectivity index (χ2n) is 9.31. The monoisotopic (exact) mass is 493 g/mol. The van der Waals surface area contributed by atoms with E-state index in [0.717, 1.165) is 29.5 Å². The molecule has 0 saturated carbocycles. The number of rotatable bonds is 9. The van der Waals surface area contributed by atoms with Gasteiger partial charge in [0.25, 0.3) is 0 Å². The van der Waals surface area contributed by atoms with E-state index in [-0.39, 0.29) is 54.6 Å². The zero-order chi connectivity index (χ0) is 25.1. The number of hydrogen-bond acceptors (Lipinski definition) is 7. The largest absolute Gasteiger partial charge is 0.469 e. The van der Waals surface area contributed by atoms with Crippen LogP contribution in [0.2, 0.25) is 0 Å². The Labute approximate surface area is 208 Å². The molecule has 3 heterocycles. The van der Waals surface area contributed by atoms with Gasteiger partial charge in [-0.25, -0.2) is 14.2 Å². The molecule has 0 amide bonds. The van der Waals surface area contributed by atoms with Crippen molar-refractivity contribution < 1.29 is 32.6 Å². The van der Waals surface area contributed by atoms with Crippen LogP contribution in [0.3, 0.4) is 0 Å². The lowest BCUT2D eigenvalue weighted by atomic mass is 9.75. The van der Waals surface area contributed by atoms with Crippen molar-refractivity contribution in [1.29, 1.82) is 0 Å². The van der Waals surface area contributed by atoms with E-state index in [0.29, 0.717) is 18.7 Å². The minimum atomic E-state index is -0.551. The van der Waals surface area contributed by atoms with Gasteiger partial charge >= 0.3 is 11.9 Å². The molecular formula is C28H28FNO6. The van der Waals surface area contributed by atoms with E-state index >= 15 is 0 Å². The molecule has 0 unspecified atom stereocenters. The van der Waals surface area contributed by atoms with E-state index in [2.05, 4.69) is 4.98 Å². The molecule has 2 fully saturated rings. The Morgan fingerprint density at radius 3 is 2.69 bits per heavy atom. The Morgan fingerprint density at radius 1 is 1.08 bits per heavy atom. The molecule has 3 aromatic rings. The van der Waals surface area contributed by atoms with Crippen LogP contribution in [0.4, 0.5) is 4.39 Å². The minimum absolute atomic E-state index is 0.00268. The smallest absolute Gasteiger partial charge is 0.360 e. The second kappa shape index (κ2) is 10.6. The third-order valence-electron chi connectivity index (χ3n) is 7.10. The van der Waals surface area contributed by atoms with Crippen LogP contribution < -0.4 is 0 Å². The van der Waals surface area contributed by atoms with Crippen molar-refractivity contribution in [1.82, 2.24) is 4.98 Å². The Balaban J connectivity index is 1.31. The summed E-state index contributed by atoms with van der Waals surface area (Å²) < 4.78 is 36.3. The SMILES string of the molecule is COC(=O)CCc1ccc(F)cc1C[C@@H]1[C@H](c2nc(C(=O)OCc3ccccc3)co2)[C@H]2CC[C@H]1O2. The predicted molar refractivity (Wildman–Crippen MR) is 127 cm³/mol. The van der Waals surface area contributed by atoms with Gasteiger partial charge in [-0.1, -0.05) is 36.4 Å². The number of esters is 2. The van der Waals surface area contributed by atoms with Crippen molar-refractivity contribution in [2.45, 2.75) is 56.8 Å². The van der Waals surface area contributed by atoms with Gasteiger partial charge in [-0.3, -0.25) is 4.79 Å². The normalized spacial score (nSPS) is 22.5. The number of aromatic nitrogens is 1. The van der Waals surface area contributed by atoms with E-state index in [1.165, 1.54) is 25.5 Å². The third-order valence-corrected chi connectivity index (χ3v) is 7.10. The number of methoxy groups -OCH3 is 1. The summed E-state index contributed by atoms with van der Waals surface area (Å²) in [6.07, 6.45) is 4.28. The van der Waals surface area contributed by atoms with Gasteiger partial charge < -0.3 is 18.6 Å². The molecule has 8 heteroatoms. The van der Waals surface area contributed by atoms with Crippen LogP contribution in [-0.4, -0.2) is 36.2 Å². The highest BCUT2D eigenvalue weighted by Gasteiger charge is 2.51. The van der Waals surface area contributed by atoms with Crippen LogP contribution in [0.25, 0.3) is 0 Å². The number of carbonyl (C=O) groups excluding carboxylic acids is 2. The lowest BCUT2D eigenvalue weighted by Gasteiger charge is -2.26. The molecule has 1 aromatic heterocycles. The third kappa shape index (κ3) is 5.18. The summed E-state index contributed by atoms with van der Waals surface area (Å²) in [6, 6.07) is 14.1. The van der Waals surface area contributed by atoms with Gasteiger partial charge in [0.1, 0.15) is 18.7 Å². The Bertz CT molecular complexity index is 1230. The molecule has 188 valence electrons. The molecule has 0 N–H and O–H groups in total. The summed E-state index contributed by atoms with van der Waals surface area (Å²) in [7, 11) is 1.35. The summed E-state index contributed by atoms with van der Waals surface area (Å²) >= 11 is 0. The van der Waals surface area contributed by atoms with Gasteiger partial charge in [-0.15, -0.1) is 0 Å². The molecule has 2 saturated heterocycles. The van der Waals surface area contributed by atoms with Gasteiger partial charge in [-0.05, 0) is 54.5 Å². The van der Waals surface area contributed by atoms with Gasteiger partial charge in [0, 0.05) is 12.3 Å². The van der Waals surface area contributed by atoms with Gasteiger partial charge in [-0.2, -0.15) is 0 Å². The number of oxazole rings is 1. The number of nitrogens with zero attached hydrogens (tertiary/aromatic N) is 1. The van der Waals surface area contributed by atoms with Gasteiger partial charge in [0.05, 0.1) is 25.2 Å². The zero-order valence-corrected chi connectivity index (χ0v) is 20.0. The number of hydrogen-bond donors (Lipinski definition) is 0. The Morgan fingerprint density at radius 2 is 1.89 bits per heavy atom. The first-order valence-corrected chi connectivity index (χ1v) is 12.2. The molecule has 2 aliphatic rings. The molecule has 0 radical (unpaired) electrons. The molecule has 2 bridgehead atoms. The van der Waals surface area contributed by atoms with Gasteiger partial charge in [0.15, 0.2) is 5.69 Å². The van der Waals surface area contributed by atoms with E-state index in [1.54, 1.807) is 6.07 Å². The number of carbonyl (C=O) groups is 2. The molecule has 0 aliphatic carbocycles. The van der Waals surface area contributed by atoms with Crippen molar-refractivity contribution >= 4 is 11.9 Å². The average Bonchev–Trinajstić information content (AvgIpc) is 3.64. The predicted octanol–water partition coefficient (Wildman–Crippen LogP) is 4.78. The first kappa shape index (κ1) is 24.2. The van der Waals surface area contributed by atoms with E-state index in [4.69, 9.17) is 18.6 Å². The first-order valence-electron chi connectivity index (χ1n) is 12.2. The highest BCUT2D eigenvalue weighted by molar-refractivity contribution is 5.86. The van der Waals surface area contributed by atoms with Crippen LogP contribution in [0.15, 0.2) is 59.2 Å². The van der Waals surface area contributed by atoms with Crippen LogP contribution >= 0.6 is 0 Å². The van der Waals surface area contributed by atoms with E-state index < -0.39 is 5.97 Å². The zero-order valence-electron chi connectivity index (χ0n) is 20.0. The van der Waals surface area contributed by atoms with Crippen LogP contribution in [0.1, 0.15) is 58.2 Å². The fourth-order valence-electron chi connectivity index (χ4n) is 5.33. The summed E-state index contributed by atoms with van der Waals surface area (Å²) in [5.41, 5.74) is 2.74. The molecule has 2 aromatic carbocycles. The minimum Gasteiger partial charge on any atom is -0.469 e. The molecule has 5 rings (SSSR count). The summed E-state index contributed by atoms with van der Waals surface area (Å²) in [6.45, 7) is 0.148. The van der Waals surface area contributed by atoms with Crippen molar-refractivity contribution in [2.24, 2.45) is 5.92 Å². The molecule has 36 heavy (non-hydrogen) atoms. The quantitative estimate of drug-likeness (QED) is 0.397.